The summed E-state index contributed by atoms with van der Waals surface area (Å²) in [5.74, 6) is 0.740. The minimum absolute atomic E-state index is 0.151. The topological polar surface area (TPSA) is 45.2 Å². The average molecular weight is 321 g/mol. The molecule has 1 aromatic heterocycles. The minimum atomic E-state index is 0.151. The predicted octanol–water partition coefficient (Wildman–Crippen LogP) is 2.40. The quantitative estimate of drug-likeness (QED) is 0.920. The standard InChI is InChI=1S/C20H23N3O/c24-20(9-15-5-2-1-3-6-15)22-19-11-18-10-17(19)14-23(18)13-16-7-4-8-21-12-16/h1-8,12,17-19H,9-11,13-14H2,(H,22,24)/t17-,18+,19+/m0/s1. The van der Waals surface area contributed by atoms with Gasteiger partial charge in [-0.15, -0.1) is 0 Å². The van der Waals surface area contributed by atoms with E-state index < -0.39 is 0 Å². The highest BCUT2D eigenvalue weighted by molar-refractivity contribution is 5.78. The highest BCUT2D eigenvalue weighted by Gasteiger charge is 2.44. The van der Waals surface area contributed by atoms with Crippen LogP contribution in [0.15, 0.2) is 54.9 Å². The number of carbonyl (C=O) groups excluding carboxylic acids is 1. The molecule has 2 aliphatic rings. The number of piperidine rings is 1. The van der Waals surface area contributed by atoms with E-state index >= 15 is 0 Å². The first-order chi connectivity index (χ1) is 11.8. The summed E-state index contributed by atoms with van der Waals surface area (Å²) in [6.07, 6.45) is 6.53. The van der Waals surface area contributed by atoms with E-state index in [9.17, 15) is 4.79 Å². The molecule has 2 fully saturated rings. The number of hydrogen-bond donors (Lipinski definition) is 1. The fraction of sp³-hybridized carbons (Fsp3) is 0.400. The van der Waals surface area contributed by atoms with Gasteiger partial charge in [-0.2, -0.15) is 0 Å². The fourth-order valence-corrected chi connectivity index (χ4v) is 4.18. The molecule has 4 nitrogen and oxygen atoms in total. The van der Waals surface area contributed by atoms with E-state index in [1.54, 1.807) is 0 Å². The molecule has 3 atom stereocenters. The van der Waals surface area contributed by atoms with Crippen molar-refractivity contribution < 1.29 is 4.79 Å². The van der Waals surface area contributed by atoms with Gasteiger partial charge in [-0.3, -0.25) is 14.7 Å². The Bertz CT molecular complexity index is 689. The first-order valence-corrected chi connectivity index (χ1v) is 8.74. The molecule has 2 bridgehead atoms. The van der Waals surface area contributed by atoms with Gasteiger partial charge in [-0.05, 0) is 36.0 Å². The van der Waals surface area contributed by atoms with Crippen molar-refractivity contribution in [2.24, 2.45) is 5.92 Å². The molecule has 1 aliphatic carbocycles. The first kappa shape index (κ1) is 15.3. The van der Waals surface area contributed by atoms with E-state index in [1.165, 1.54) is 12.0 Å². The Balaban J connectivity index is 1.29. The number of carbonyl (C=O) groups is 1. The first-order valence-electron chi connectivity index (χ1n) is 8.74. The van der Waals surface area contributed by atoms with Gasteiger partial charge in [0.1, 0.15) is 0 Å². The number of rotatable bonds is 5. The maximum atomic E-state index is 12.3. The number of nitrogens with zero attached hydrogens (tertiary/aromatic N) is 2. The van der Waals surface area contributed by atoms with E-state index in [0.717, 1.165) is 25.1 Å². The summed E-state index contributed by atoms with van der Waals surface area (Å²) in [7, 11) is 0. The van der Waals surface area contributed by atoms with Crippen LogP contribution in [0, 0.1) is 5.92 Å². The lowest BCUT2D eigenvalue weighted by atomic mass is 10.0. The van der Waals surface area contributed by atoms with Gasteiger partial charge in [0, 0.05) is 37.6 Å². The van der Waals surface area contributed by atoms with Crippen molar-refractivity contribution in [3.63, 3.8) is 0 Å². The molecule has 2 aromatic rings. The Kier molecular flexibility index (Phi) is 4.30. The Labute approximate surface area is 142 Å². The second-order valence-electron chi connectivity index (χ2n) is 7.01. The highest BCUT2D eigenvalue weighted by Crippen LogP contribution is 2.38. The normalized spacial score (nSPS) is 25.8. The lowest BCUT2D eigenvalue weighted by molar-refractivity contribution is -0.121. The second-order valence-corrected chi connectivity index (χ2v) is 7.01. The third-order valence-electron chi connectivity index (χ3n) is 5.32. The number of pyridine rings is 1. The van der Waals surface area contributed by atoms with Gasteiger partial charge in [-0.25, -0.2) is 0 Å². The third kappa shape index (κ3) is 3.34. The number of likely N-dealkylation sites (tertiary alicyclic amines) is 1. The van der Waals surface area contributed by atoms with Crippen LogP contribution >= 0.6 is 0 Å². The lowest BCUT2D eigenvalue weighted by Crippen LogP contribution is -2.46. The van der Waals surface area contributed by atoms with Crippen molar-refractivity contribution in [2.75, 3.05) is 6.54 Å². The van der Waals surface area contributed by atoms with Crippen LogP contribution in [-0.2, 0) is 17.8 Å². The van der Waals surface area contributed by atoms with Gasteiger partial charge in [0.15, 0.2) is 0 Å². The monoisotopic (exact) mass is 321 g/mol. The highest BCUT2D eigenvalue weighted by atomic mass is 16.1. The average Bonchev–Trinajstić information content (AvgIpc) is 3.16. The zero-order valence-electron chi connectivity index (χ0n) is 13.8. The Hall–Kier alpha value is -2.20. The number of amides is 1. The summed E-state index contributed by atoms with van der Waals surface area (Å²) >= 11 is 0. The van der Waals surface area contributed by atoms with Gasteiger partial charge in [0.05, 0.1) is 6.42 Å². The van der Waals surface area contributed by atoms with Crippen LogP contribution in [0.25, 0.3) is 0 Å². The molecule has 1 saturated heterocycles. The molecule has 24 heavy (non-hydrogen) atoms. The molecule has 2 heterocycles. The molecule has 4 heteroatoms. The van der Waals surface area contributed by atoms with Crippen molar-refractivity contribution >= 4 is 5.91 Å². The van der Waals surface area contributed by atoms with Crippen LogP contribution in [-0.4, -0.2) is 34.4 Å². The van der Waals surface area contributed by atoms with Crippen LogP contribution in [0.3, 0.4) is 0 Å². The summed E-state index contributed by atoms with van der Waals surface area (Å²) in [5.41, 5.74) is 2.35. The molecule has 0 radical (unpaired) electrons. The minimum Gasteiger partial charge on any atom is -0.353 e. The third-order valence-corrected chi connectivity index (χ3v) is 5.32. The number of aromatic nitrogens is 1. The molecule has 1 aromatic carbocycles. The zero-order chi connectivity index (χ0) is 16.4. The van der Waals surface area contributed by atoms with Crippen molar-refractivity contribution in [1.29, 1.82) is 0 Å². The SMILES string of the molecule is O=C(Cc1ccccc1)N[C@@H]1C[C@H]2C[C@H]1CN2Cc1cccnc1. The predicted molar refractivity (Wildman–Crippen MR) is 93.2 cm³/mol. The smallest absolute Gasteiger partial charge is 0.224 e. The van der Waals surface area contributed by atoms with E-state index in [2.05, 4.69) is 21.3 Å². The van der Waals surface area contributed by atoms with Crippen molar-refractivity contribution in [1.82, 2.24) is 15.2 Å². The maximum absolute atomic E-state index is 12.3. The van der Waals surface area contributed by atoms with Gasteiger partial charge in [0.25, 0.3) is 0 Å². The number of benzene rings is 1. The van der Waals surface area contributed by atoms with Crippen LogP contribution in [0.1, 0.15) is 24.0 Å². The fourth-order valence-electron chi connectivity index (χ4n) is 4.18. The van der Waals surface area contributed by atoms with Crippen LogP contribution < -0.4 is 5.32 Å². The summed E-state index contributed by atoms with van der Waals surface area (Å²) in [5, 5.41) is 3.27. The second kappa shape index (κ2) is 6.73. The molecule has 0 spiro atoms. The number of fused-ring (bicyclic) bond motifs is 2. The summed E-state index contributed by atoms with van der Waals surface area (Å²) in [4.78, 5) is 19.0. The largest absolute Gasteiger partial charge is 0.353 e. The van der Waals surface area contributed by atoms with E-state index in [0.29, 0.717) is 24.4 Å². The Morgan fingerprint density at radius 1 is 1.12 bits per heavy atom. The van der Waals surface area contributed by atoms with Crippen molar-refractivity contribution in [2.45, 2.75) is 37.9 Å². The molecular formula is C20H23N3O. The van der Waals surface area contributed by atoms with Crippen molar-refractivity contribution in [3.05, 3.63) is 66.0 Å². The zero-order valence-corrected chi connectivity index (χ0v) is 13.8. The van der Waals surface area contributed by atoms with Gasteiger partial charge in [-0.1, -0.05) is 36.4 Å². The summed E-state index contributed by atoms with van der Waals surface area (Å²) in [6, 6.07) is 15.0. The van der Waals surface area contributed by atoms with Gasteiger partial charge >= 0.3 is 0 Å². The van der Waals surface area contributed by atoms with Crippen LogP contribution in [0.4, 0.5) is 0 Å². The Morgan fingerprint density at radius 3 is 2.67 bits per heavy atom. The van der Waals surface area contributed by atoms with Gasteiger partial charge < -0.3 is 5.32 Å². The molecule has 1 aliphatic heterocycles. The molecule has 124 valence electrons. The molecular weight excluding hydrogens is 298 g/mol. The van der Waals surface area contributed by atoms with Crippen LogP contribution in [0.5, 0.6) is 0 Å². The number of hydrogen-bond acceptors (Lipinski definition) is 3. The molecule has 1 saturated carbocycles. The number of nitrogens with one attached hydrogen (secondary N) is 1. The van der Waals surface area contributed by atoms with E-state index in [1.807, 2.05) is 48.8 Å². The summed E-state index contributed by atoms with van der Waals surface area (Å²) < 4.78 is 0. The molecule has 1 N–H and O–H groups in total. The van der Waals surface area contributed by atoms with Crippen LogP contribution in [0.2, 0.25) is 0 Å². The lowest BCUT2D eigenvalue weighted by Gasteiger charge is -2.32. The molecule has 0 unspecified atom stereocenters. The molecule has 1 amide bonds. The van der Waals surface area contributed by atoms with Crippen molar-refractivity contribution in [3.8, 4) is 0 Å². The van der Waals surface area contributed by atoms with E-state index in [-0.39, 0.29) is 5.91 Å². The maximum Gasteiger partial charge on any atom is 0.224 e. The summed E-state index contributed by atoms with van der Waals surface area (Å²) in [6.45, 7) is 2.05. The Morgan fingerprint density at radius 2 is 1.96 bits per heavy atom. The molecule has 4 rings (SSSR count). The van der Waals surface area contributed by atoms with E-state index in [4.69, 9.17) is 0 Å². The van der Waals surface area contributed by atoms with Gasteiger partial charge in [0.2, 0.25) is 5.91 Å².